The Labute approximate surface area is 116 Å². The van der Waals surface area contributed by atoms with Crippen molar-refractivity contribution in [3.05, 3.63) is 29.8 Å². The highest BCUT2D eigenvalue weighted by atomic mass is 16.5. The number of nitrogens with one attached hydrogen (secondary N) is 1. The van der Waals surface area contributed by atoms with Gasteiger partial charge in [-0.3, -0.25) is 0 Å². The summed E-state index contributed by atoms with van der Waals surface area (Å²) in [6.45, 7) is 11.4. The largest absolute Gasteiger partial charge is 0.379 e. The monoisotopic (exact) mass is 262 g/mol. The molecular weight excluding hydrogens is 236 g/mol. The van der Waals surface area contributed by atoms with Gasteiger partial charge in [0, 0.05) is 30.7 Å². The summed E-state index contributed by atoms with van der Waals surface area (Å²) in [7, 11) is 0. The van der Waals surface area contributed by atoms with Crippen LogP contribution in [-0.2, 0) is 4.74 Å². The topological polar surface area (TPSA) is 24.5 Å². The third kappa shape index (κ3) is 3.71. The molecule has 1 aliphatic rings. The van der Waals surface area contributed by atoms with E-state index in [1.165, 1.54) is 11.3 Å². The summed E-state index contributed by atoms with van der Waals surface area (Å²) in [5, 5.41) is 3.53. The number of hydrogen-bond acceptors (Lipinski definition) is 3. The molecule has 1 N–H and O–H groups in total. The van der Waals surface area contributed by atoms with E-state index in [1.807, 2.05) is 0 Å². The third-order valence-electron chi connectivity index (χ3n) is 3.90. The van der Waals surface area contributed by atoms with E-state index in [0.717, 1.165) is 32.8 Å². The van der Waals surface area contributed by atoms with Gasteiger partial charge in [-0.05, 0) is 32.5 Å². The molecule has 2 atom stereocenters. The Balaban J connectivity index is 2.00. The maximum absolute atomic E-state index is 5.63. The van der Waals surface area contributed by atoms with Crippen LogP contribution in [0.25, 0.3) is 0 Å². The van der Waals surface area contributed by atoms with Gasteiger partial charge in [0.1, 0.15) is 0 Å². The first kappa shape index (κ1) is 14.4. The number of hydrogen-bond donors (Lipinski definition) is 1. The standard InChI is InChI=1S/C16H26N2O/c1-4-17-16-12-19-11-14(16)10-18(5-2)15-8-6-13(3)7-9-15/h6-9,14,16-17H,4-5,10-12H2,1-3H3. The molecule has 19 heavy (non-hydrogen) atoms. The van der Waals surface area contributed by atoms with Gasteiger partial charge in [0.05, 0.1) is 13.2 Å². The second-order valence-electron chi connectivity index (χ2n) is 5.34. The van der Waals surface area contributed by atoms with E-state index in [2.05, 4.69) is 55.3 Å². The molecule has 0 saturated carbocycles. The van der Waals surface area contributed by atoms with Gasteiger partial charge in [-0.1, -0.05) is 24.6 Å². The van der Waals surface area contributed by atoms with Gasteiger partial charge in [-0.15, -0.1) is 0 Å². The number of anilines is 1. The van der Waals surface area contributed by atoms with Crippen molar-refractivity contribution in [3.63, 3.8) is 0 Å². The highest BCUT2D eigenvalue weighted by molar-refractivity contribution is 5.47. The predicted molar refractivity (Wildman–Crippen MR) is 80.8 cm³/mol. The molecule has 2 unspecified atom stereocenters. The third-order valence-corrected chi connectivity index (χ3v) is 3.90. The number of rotatable bonds is 6. The molecule has 1 aromatic carbocycles. The summed E-state index contributed by atoms with van der Waals surface area (Å²) in [5.41, 5.74) is 2.63. The van der Waals surface area contributed by atoms with E-state index in [4.69, 9.17) is 4.74 Å². The van der Waals surface area contributed by atoms with Crippen LogP contribution in [0.4, 0.5) is 5.69 Å². The van der Waals surface area contributed by atoms with Gasteiger partial charge in [0.25, 0.3) is 0 Å². The average molecular weight is 262 g/mol. The summed E-state index contributed by atoms with van der Waals surface area (Å²) in [4.78, 5) is 2.45. The van der Waals surface area contributed by atoms with Gasteiger partial charge < -0.3 is 15.0 Å². The minimum atomic E-state index is 0.504. The molecule has 106 valence electrons. The first-order valence-corrected chi connectivity index (χ1v) is 7.37. The van der Waals surface area contributed by atoms with Crippen molar-refractivity contribution in [2.24, 2.45) is 5.92 Å². The maximum Gasteiger partial charge on any atom is 0.0624 e. The van der Waals surface area contributed by atoms with E-state index < -0.39 is 0 Å². The number of ether oxygens (including phenoxy) is 1. The van der Waals surface area contributed by atoms with Crippen molar-refractivity contribution < 1.29 is 4.74 Å². The van der Waals surface area contributed by atoms with E-state index in [-0.39, 0.29) is 0 Å². The Morgan fingerprint density at radius 1 is 1.21 bits per heavy atom. The molecule has 1 fully saturated rings. The minimum Gasteiger partial charge on any atom is -0.379 e. The van der Waals surface area contributed by atoms with E-state index >= 15 is 0 Å². The zero-order chi connectivity index (χ0) is 13.7. The van der Waals surface area contributed by atoms with Gasteiger partial charge in [-0.2, -0.15) is 0 Å². The fourth-order valence-electron chi connectivity index (χ4n) is 2.72. The molecular formula is C16H26N2O. The Morgan fingerprint density at radius 3 is 2.58 bits per heavy atom. The number of likely N-dealkylation sites (N-methyl/N-ethyl adjacent to an activating group) is 1. The van der Waals surface area contributed by atoms with Crippen LogP contribution in [-0.4, -0.2) is 38.9 Å². The van der Waals surface area contributed by atoms with Crippen LogP contribution in [0.5, 0.6) is 0 Å². The van der Waals surface area contributed by atoms with E-state index in [9.17, 15) is 0 Å². The molecule has 0 aliphatic carbocycles. The maximum atomic E-state index is 5.63. The smallest absolute Gasteiger partial charge is 0.0624 e. The van der Waals surface area contributed by atoms with Gasteiger partial charge in [-0.25, -0.2) is 0 Å². The first-order valence-electron chi connectivity index (χ1n) is 7.37. The van der Waals surface area contributed by atoms with Crippen LogP contribution >= 0.6 is 0 Å². The second kappa shape index (κ2) is 6.92. The molecule has 2 rings (SSSR count). The predicted octanol–water partition coefficient (Wildman–Crippen LogP) is 2.45. The molecule has 3 heteroatoms. The minimum absolute atomic E-state index is 0.504. The van der Waals surface area contributed by atoms with Crippen molar-refractivity contribution >= 4 is 5.69 Å². The molecule has 0 amide bonds. The summed E-state index contributed by atoms with van der Waals surface area (Å²) in [6, 6.07) is 9.31. The average Bonchev–Trinajstić information content (AvgIpc) is 2.85. The van der Waals surface area contributed by atoms with Gasteiger partial charge in [0.2, 0.25) is 0 Å². The zero-order valence-electron chi connectivity index (χ0n) is 12.4. The van der Waals surface area contributed by atoms with Crippen LogP contribution in [0.15, 0.2) is 24.3 Å². The number of nitrogens with zero attached hydrogens (tertiary/aromatic N) is 1. The quantitative estimate of drug-likeness (QED) is 0.852. The molecule has 1 aliphatic heterocycles. The summed E-state index contributed by atoms with van der Waals surface area (Å²) >= 11 is 0. The first-order chi connectivity index (χ1) is 9.24. The van der Waals surface area contributed by atoms with E-state index in [1.54, 1.807) is 0 Å². The highest BCUT2D eigenvalue weighted by Crippen LogP contribution is 2.20. The van der Waals surface area contributed by atoms with Crippen molar-refractivity contribution in [3.8, 4) is 0 Å². The SMILES string of the molecule is CCNC1COCC1CN(CC)c1ccc(C)cc1. The van der Waals surface area contributed by atoms with Crippen LogP contribution in [0.2, 0.25) is 0 Å². The molecule has 1 saturated heterocycles. The van der Waals surface area contributed by atoms with Gasteiger partial charge >= 0.3 is 0 Å². The van der Waals surface area contributed by atoms with Gasteiger partial charge in [0.15, 0.2) is 0 Å². The van der Waals surface area contributed by atoms with Crippen LogP contribution in [0.3, 0.4) is 0 Å². The second-order valence-corrected chi connectivity index (χ2v) is 5.34. The fraction of sp³-hybridized carbons (Fsp3) is 0.625. The normalized spacial score (nSPS) is 22.7. The Morgan fingerprint density at radius 2 is 1.95 bits per heavy atom. The molecule has 1 aromatic rings. The van der Waals surface area contributed by atoms with Crippen LogP contribution in [0.1, 0.15) is 19.4 Å². The molecule has 0 radical (unpaired) electrons. The summed E-state index contributed by atoms with van der Waals surface area (Å²) in [5.74, 6) is 0.584. The number of benzene rings is 1. The lowest BCUT2D eigenvalue weighted by atomic mass is 10.0. The molecule has 3 nitrogen and oxygen atoms in total. The molecule has 1 heterocycles. The Bertz CT molecular complexity index is 377. The van der Waals surface area contributed by atoms with Crippen molar-refractivity contribution in [1.29, 1.82) is 0 Å². The lowest BCUT2D eigenvalue weighted by Gasteiger charge is -2.29. The van der Waals surface area contributed by atoms with Crippen molar-refractivity contribution in [1.82, 2.24) is 5.32 Å². The molecule has 0 bridgehead atoms. The van der Waals surface area contributed by atoms with Crippen molar-refractivity contribution in [2.45, 2.75) is 26.8 Å². The van der Waals surface area contributed by atoms with Crippen LogP contribution < -0.4 is 10.2 Å². The molecule has 0 spiro atoms. The summed E-state index contributed by atoms with van der Waals surface area (Å²) < 4.78 is 5.63. The van der Waals surface area contributed by atoms with Crippen molar-refractivity contribution in [2.75, 3.05) is 37.7 Å². The molecule has 0 aromatic heterocycles. The number of aryl methyl sites for hydroxylation is 1. The highest BCUT2D eigenvalue weighted by Gasteiger charge is 2.28. The summed E-state index contributed by atoms with van der Waals surface area (Å²) in [6.07, 6.45) is 0. The van der Waals surface area contributed by atoms with E-state index in [0.29, 0.717) is 12.0 Å². The van der Waals surface area contributed by atoms with Crippen LogP contribution in [0, 0.1) is 12.8 Å². The fourth-order valence-corrected chi connectivity index (χ4v) is 2.72. The lowest BCUT2D eigenvalue weighted by molar-refractivity contribution is 0.183. The Hall–Kier alpha value is -1.06. The lowest BCUT2D eigenvalue weighted by Crippen LogP contribution is -2.41. The zero-order valence-corrected chi connectivity index (χ0v) is 12.4. The Kier molecular flexibility index (Phi) is 5.23.